The van der Waals surface area contributed by atoms with Crippen molar-refractivity contribution < 1.29 is 24.2 Å². The number of hydrogen-bond donors (Lipinski definition) is 3. The minimum absolute atomic E-state index is 0.392. The summed E-state index contributed by atoms with van der Waals surface area (Å²) in [5.74, 6) is -0.981. The summed E-state index contributed by atoms with van der Waals surface area (Å²) in [6.45, 7) is 15.9. The van der Waals surface area contributed by atoms with Crippen LogP contribution in [0.15, 0.2) is 42.5 Å². The van der Waals surface area contributed by atoms with E-state index in [0.717, 1.165) is 16.7 Å². The Balaban J connectivity index is 2.62. The molecule has 0 aliphatic carbocycles. The van der Waals surface area contributed by atoms with Gasteiger partial charge in [0, 0.05) is 11.2 Å². The van der Waals surface area contributed by atoms with Gasteiger partial charge in [-0.25, -0.2) is 4.79 Å². The van der Waals surface area contributed by atoms with E-state index < -0.39 is 47.7 Å². The van der Waals surface area contributed by atoms with Gasteiger partial charge in [-0.2, -0.15) is 0 Å². The Kier molecular flexibility index (Phi) is 10.1. The van der Waals surface area contributed by atoms with Crippen molar-refractivity contribution in [1.82, 2.24) is 10.2 Å². The number of ether oxygens (including phenoxy) is 1. The number of amides is 3. The first kappa shape index (κ1) is 30.8. The summed E-state index contributed by atoms with van der Waals surface area (Å²) in [6.07, 6.45) is -0.311. The Morgan fingerprint density at radius 3 is 2.05 bits per heavy atom. The Morgan fingerprint density at radius 2 is 1.55 bits per heavy atom. The Bertz CT molecular complexity index is 1130. The highest BCUT2D eigenvalue weighted by molar-refractivity contribution is 6.00. The van der Waals surface area contributed by atoms with Crippen LogP contribution in [0.1, 0.15) is 76.3 Å². The smallest absolute Gasteiger partial charge is 0.408 e. The van der Waals surface area contributed by atoms with Crippen LogP contribution >= 0.6 is 0 Å². The summed E-state index contributed by atoms with van der Waals surface area (Å²) in [4.78, 5) is 42.2. The van der Waals surface area contributed by atoms with Gasteiger partial charge in [-0.05, 0) is 78.5 Å². The molecular formula is C30H43N3O5. The van der Waals surface area contributed by atoms with Gasteiger partial charge in [-0.15, -0.1) is 0 Å². The number of nitrogens with zero attached hydrogens (tertiary/aromatic N) is 1. The fourth-order valence-corrected chi connectivity index (χ4v) is 4.21. The van der Waals surface area contributed by atoms with Gasteiger partial charge in [0.25, 0.3) is 5.91 Å². The van der Waals surface area contributed by atoms with Crippen LogP contribution in [0.4, 0.5) is 10.5 Å². The predicted octanol–water partition coefficient (Wildman–Crippen LogP) is 5.19. The van der Waals surface area contributed by atoms with Crippen LogP contribution in [0.25, 0.3) is 0 Å². The number of aliphatic hydroxyl groups is 1. The summed E-state index contributed by atoms with van der Waals surface area (Å²) < 4.78 is 5.31. The van der Waals surface area contributed by atoms with Crippen molar-refractivity contribution in [2.45, 2.75) is 92.0 Å². The van der Waals surface area contributed by atoms with E-state index in [1.165, 1.54) is 4.90 Å². The maximum absolute atomic E-state index is 14.1. The van der Waals surface area contributed by atoms with Crippen molar-refractivity contribution in [3.8, 4) is 0 Å². The van der Waals surface area contributed by atoms with Crippen LogP contribution in [0.3, 0.4) is 0 Å². The molecule has 3 N–H and O–H groups in total. The lowest BCUT2D eigenvalue weighted by atomic mass is 9.91. The third kappa shape index (κ3) is 7.81. The zero-order chi connectivity index (χ0) is 28.8. The number of carbonyl (C=O) groups is 3. The van der Waals surface area contributed by atoms with Gasteiger partial charge >= 0.3 is 6.09 Å². The molecule has 3 amide bonds. The Labute approximate surface area is 226 Å². The fourth-order valence-electron chi connectivity index (χ4n) is 4.21. The summed E-state index contributed by atoms with van der Waals surface area (Å²) in [6, 6.07) is 10.8. The quantitative estimate of drug-likeness (QED) is 0.417. The number of aliphatic hydroxyl groups excluding tert-OH is 1. The lowest BCUT2D eigenvalue weighted by Gasteiger charge is -2.44. The van der Waals surface area contributed by atoms with Gasteiger partial charge in [0.1, 0.15) is 17.7 Å². The molecule has 0 radical (unpaired) electrons. The molecule has 8 heteroatoms. The second kappa shape index (κ2) is 12.4. The van der Waals surface area contributed by atoms with Crippen LogP contribution in [-0.2, 0) is 14.3 Å². The molecule has 2 atom stereocenters. The maximum Gasteiger partial charge on any atom is 0.408 e. The molecule has 0 fully saturated rings. The van der Waals surface area contributed by atoms with E-state index in [2.05, 4.69) is 10.6 Å². The van der Waals surface area contributed by atoms with Crippen molar-refractivity contribution >= 4 is 23.6 Å². The van der Waals surface area contributed by atoms with E-state index in [1.54, 1.807) is 20.8 Å². The normalized spacial score (nSPS) is 13.3. The molecule has 2 aromatic rings. The maximum atomic E-state index is 14.1. The third-order valence-corrected chi connectivity index (χ3v) is 6.52. The molecule has 0 aliphatic rings. The second-order valence-electron chi connectivity index (χ2n) is 11.3. The number of nitrogens with one attached hydrogen (secondary N) is 2. The zero-order valence-electron chi connectivity index (χ0n) is 24.1. The minimum Gasteiger partial charge on any atom is -0.444 e. The minimum atomic E-state index is -1.31. The molecular weight excluding hydrogens is 482 g/mol. The Hall–Kier alpha value is -3.39. The van der Waals surface area contributed by atoms with Crippen molar-refractivity contribution in [3.05, 3.63) is 64.7 Å². The van der Waals surface area contributed by atoms with E-state index in [4.69, 9.17) is 4.74 Å². The van der Waals surface area contributed by atoms with Gasteiger partial charge in [0.15, 0.2) is 0 Å². The first-order valence-corrected chi connectivity index (χ1v) is 13.0. The highest BCUT2D eigenvalue weighted by Crippen LogP contribution is 2.34. The molecule has 0 aliphatic heterocycles. The largest absolute Gasteiger partial charge is 0.444 e. The van der Waals surface area contributed by atoms with Crippen LogP contribution in [0.2, 0.25) is 0 Å². The number of aryl methyl sites for hydroxylation is 3. The predicted molar refractivity (Wildman–Crippen MR) is 150 cm³/mol. The number of anilines is 1. The van der Waals surface area contributed by atoms with E-state index >= 15 is 0 Å². The molecule has 0 aromatic heterocycles. The standard InChI is InChI=1S/C30H43N3O5/c1-10-30(8,9)33(27(36)23(18-34)31-28(37)38-29(5,6)7)25(22-16-11-13-19(2)17-22)26(35)32-24-20(3)14-12-15-21(24)4/h11-17,23,25,34H,10,18H2,1-9H3,(H,31,37)(H,32,35). The highest BCUT2D eigenvalue weighted by Gasteiger charge is 2.43. The number of alkyl carbamates (subject to hydrolysis) is 1. The molecule has 0 saturated heterocycles. The number of hydrogen-bond acceptors (Lipinski definition) is 5. The van der Waals surface area contributed by atoms with E-state index in [-0.39, 0.29) is 0 Å². The number of rotatable bonds is 9. The molecule has 0 saturated carbocycles. The summed E-state index contributed by atoms with van der Waals surface area (Å²) in [7, 11) is 0. The lowest BCUT2D eigenvalue weighted by molar-refractivity contribution is -0.148. The molecule has 2 aromatic carbocycles. The second-order valence-corrected chi connectivity index (χ2v) is 11.3. The van der Waals surface area contributed by atoms with E-state index in [9.17, 15) is 19.5 Å². The molecule has 2 unspecified atom stereocenters. The number of para-hydroxylation sites is 1. The monoisotopic (exact) mass is 525 g/mol. The Morgan fingerprint density at radius 1 is 0.974 bits per heavy atom. The fraction of sp³-hybridized carbons (Fsp3) is 0.500. The van der Waals surface area contributed by atoms with Crippen LogP contribution in [-0.4, -0.2) is 51.7 Å². The summed E-state index contributed by atoms with van der Waals surface area (Å²) in [5.41, 5.74) is 2.43. The van der Waals surface area contributed by atoms with Gasteiger partial charge in [-0.3, -0.25) is 9.59 Å². The average molecular weight is 526 g/mol. The summed E-state index contributed by atoms with van der Waals surface area (Å²) in [5, 5.41) is 15.7. The summed E-state index contributed by atoms with van der Waals surface area (Å²) >= 11 is 0. The van der Waals surface area contributed by atoms with Crippen molar-refractivity contribution in [3.63, 3.8) is 0 Å². The van der Waals surface area contributed by atoms with Gasteiger partial charge in [0.2, 0.25) is 5.91 Å². The van der Waals surface area contributed by atoms with Crippen LogP contribution in [0, 0.1) is 20.8 Å². The van der Waals surface area contributed by atoms with Crippen LogP contribution < -0.4 is 10.6 Å². The van der Waals surface area contributed by atoms with Gasteiger partial charge in [-0.1, -0.05) is 55.0 Å². The third-order valence-electron chi connectivity index (χ3n) is 6.52. The van der Waals surface area contributed by atoms with Crippen molar-refractivity contribution in [1.29, 1.82) is 0 Å². The topological polar surface area (TPSA) is 108 Å². The lowest BCUT2D eigenvalue weighted by Crippen LogP contribution is -2.59. The van der Waals surface area contributed by atoms with Crippen molar-refractivity contribution in [2.75, 3.05) is 11.9 Å². The first-order valence-electron chi connectivity index (χ1n) is 13.0. The molecule has 208 valence electrons. The first-order chi connectivity index (χ1) is 17.6. The van der Waals surface area contributed by atoms with E-state index in [1.807, 2.05) is 84.0 Å². The van der Waals surface area contributed by atoms with Crippen LogP contribution in [0.5, 0.6) is 0 Å². The molecule has 8 nitrogen and oxygen atoms in total. The molecule has 0 spiro atoms. The molecule has 0 heterocycles. The van der Waals surface area contributed by atoms with E-state index in [0.29, 0.717) is 17.7 Å². The van der Waals surface area contributed by atoms with Crippen molar-refractivity contribution in [2.24, 2.45) is 0 Å². The SMILES string of the molecule is CCC(C)(C)N(C(=O)C(CO)NC(=O)OC(C)(C)C)C(C(=O)Nc1c(C)cccc1C)c1cccc(C)c1. The zero-order valence-corrected chi connectivity index (χ0v) is 24.1. The average Bonchev–Trinajstić information content (AvgIpc) is 2.81. The van der Waals surface area contributed by atoms with Gasteiger partial charge in [0.05, 0.1) is 6.61 Å². The molecule has 38 heavy (non-hydrogen) atoms. The molecule has 2 rings (SSSR count). The molecule has 0 bridgehead atoms. The number of benzene rings is 2. The van der Waals surface area contributed by atoms with Gasteiger partial charge < -0.3 is 25.4 Å². The number of carbonyl (C=O) groups excluding carboxylic acids is 3. The highest BCUT2D eigenvalue weighted by atomic mass is 16.6.